The highest BCUT2D eigenvalue weighted by Crippen LogP contribution is 2.27. The second-order valence-corrected chi connectivity index (χ2v) is 4.48. The molecule has 0 aromatic heterocycles. The normalized spacial score (nSPS) is 12.8. The van der Waals surface area contributed by atoms with Crippen molar-refractivity contribution in [2.45, 2.75) is 33.8 Å². The number of aryl methyl sites for hydroxylation is 1. The molecule has 0 fully saturated rings. The van der Waals surface area contributed by atoms with Crippen LogP contribution in [0.25, 0.3) is 0 Å². The van der Waals surface area contributed by atoms with E-state index in [0.29, 0.717) is 13.2 Å². The fourth-order valence-electron chi connectivity index (χ4n) is 2.04. The first-order chi connectivity index (χ1) is 8.62. The van der Waals surface area contributed by atoms with Crippen LogP contribution in [-0.2, 0) is 0 Å². The van der Waals surface area contributed by atoms with Gasteiger partial charge in [0.2, 0.25) is 0 Å². The number of aliphatic hydroxyl groups excluding tert-OH is 1. The maximum atomic E-state index is 10.4. The van der Waals surface area contributed by atoms with Crippen LogP contribution in [0.5, 0.6) is 5.75 Å². The Hall–Kier alpha value is -1.06. The van der Waals surface area contributed by atoms with Crippen molar-refractivity contribution in [2.24, 2.45) is 0 Å². The average Bonchev–Trinajstić information content (AvgIpc) is 2.38. The van der Waals surface area contributed by atoms with Crippen LogP contribution in [0, 0.1) is 6.92 Å². The number of hydrogen-bond acceptors (Lipinski definition) is 3. The minimum absolute atomic E-state index is 0.494. The van der Waals surface area contributed by atoms with E-state index in [4.69, 9.17) is 4.74 Å². The Morgan fingerprint density at radius 1 is 1.22 bits per heavy atom. The van der Waals surface area contributed by atoms with Crippen molar-refractivity contribution in [3.8, 4) is 5.75 Å². The highest BCUT2D eigenvalue weighted by Gasteiger charge is 2.16. The SMILES string of the molecule is CCOc1ccc(C)cc1C(O)CN(CC)CC. The molecule has 0 saturated heterocycles. The lowest BCUT2D eigenvalue weighted by molar-refractivity contribution is 0.115. The number of rotatable bonds is 7. The average molecular weight is 251 g/mol. The third kappa shape index (κ3) is 4.00. The minimum Gasteiger partial charge on any atom is -0.493 e. The lowest BCUT2D eigenvalue weighted by Gasteiger charge is -2.23. The summed E-state index contributed by atoms with van der Waals surface area (Å²) in [5.74, 6) is 0.794. The Kier molecular flexibility index (Phi) is 6.16. The summed E-state index contributed by atoms with van der Waals surface area (Å²) in [7, 11) is 0. The number of benzene rings is 1. The van der Waals surface area contributed by atoms with Crippen LogP contribution in [0.1, 0.15) is 38.0 Å². The quantitative estimate of drug-likeness (QED) is 0.809. The summed E-state index contributed by atoms with van der Waals surface area (Å²) in [4.78, 5) is 2.21. The van der Waals surface area contributed by atoms with Gasteiger partial charge in [0.25, 0.3) is 0 Å². The molecule has 1 unspecified atom stereocenters. The second-order valence-electron chi connectivity index (χ2n) is 4.48. The van der Waals surface area contributed by atoms with E-state index >= 15 is 0 Å². The van der Waals surface area contributed by atoms with Crippen molar-refractivity contribution in [1.29, 1.82) is 0 Å². The van der Waals surface area contributed by atoms with Gasteiger partial charge in [0, 0.05) is 12.1 Å². The van der Waals surface area contributed by atoms with Gasteiger partial charge in [-0.1, -0.05) is 25.5 Å². The third-order valence-electron chi connectivity index (χ3n) is 3.15. The highest BCUT2D eigenvalue weighted by molar-refractivity contribution is 5.38. The van der Waals surface area contributed by atoms with E-state index in [0.717, 1.165) is 30.0 Å². The Labute approximate surface area is 110 Å². The van der Waals surface area contributed by atoms with E-state index in [1.807, 2.05) is 32.0 Å². The van der Waals surface area contributed by atoms with Gasteiger partial charge in [-0.2, -0.15) is 0 Å². The monoisotopic (exact) mass is 251 g/mol. The fourth-order valence-corrected chi connectivity index (χ4v) is 2.04. The van der Waals surface area contributed by atoms with Crippen molar-refractivity contribution < 1.29 is 9.84 Å². The van der Waals surface area contributed by atoms with E-state index in [9.17, 15) is 5.11 Å². The van der Waals surface area contributed by atoms with Gasteiger partial charge in [0.15, 0.2) is 0 Å². The van der Waals surface area contributed by atoms with Gasteiger partial charge < -0.3 is 14.7 Å². The van der Waals surface area contributed by atoms with E-state index in [1.54, 1.807) is 0 Å². The number of nitrogens with zero attached hydrogens (tertiary/aromatic N) is 1. The lowest BCUT2D eigenvalue weighted by atomic mass is 10.0. The van der Waals surface area contributed by atoms with Gasteiger partial charge >= 0.3 is 0 Å². The minimum atomic E-state index is -0.494. The number of ether oxygens (including phenoxy) is 1. The number of aliphatic hydroxyl groups is 1. The fraction of sp³-hybridized carbons (Fsp3) is 0.600. The van der Waals surface area contributed by atoms with Crippen molar-refractivity contribution in [3.63, 3.8) is 0 Å². The molecule has 0 radical (unpaired) electrons. The Morgan fingerprint density at radius 3 is 2.44 bits per heavy atom. The molecule has 0 amide bonds. The van der Waals surface area contributed by atoms with E-state index in [-0.39, 0.29) is 0 Å². The first-order valence-corrected chi connectivity index (χ1v) is 6.76. The van der Waals surface area contributed by atoms with Crippen LogP contribution < -0.4 is 4.74 Å². The molecule has 0 aliphatic rings. The maximum Gasteiger partial charge on any atom is 0.125 e. The topological polar surface area (TPSA) is 32.7 Å². The van der Waals surface area contributed by atoms with Crippen LogP contribution in [0.3, 0.4) is 0 Å². The molecule has 1 N–H and O–H groups in total. The summed E-state index contributed by atoms with van der Waals surface area (Å²) in [6, 6.07) is 5.97. The van der Waals surface area contributed by atoms with Crippen LogP contribution in [0.2, 0.25) is 0 Å². The maximum absolute atomic E-state index is 10.4. The molecule has 0 aliphatic heterocycles. The summed E-state index contributed by atoms with van der Waals surface area (Å²) in [5.41, 5.74) is 2.04. The summed E-state index contributed by atoms with van der Waals surface area (Å²) in [6.45, 7) is 11.4. The van der Waals surface area contributed by atoms with Crippen molar-refractivity contribution >= 4 is 0 Å². The first kappa shape index (κ1) is 15.0. The molecule has 0 aliphatic carbocycles. The molecule has 1 aromatic rings. The third-order valence-corrected chi connectivity index (χ3v) is 3.15. The molecular weight excluding hydrogens is 226 g/mol. The number of hydrogen-bond donors (Lipinski definition) is 1. The number of likely N-dealkylation sites (N-methyl/N-ethyl adjacent to an activating group) is 1. The van der Waals surface area contributed by atoms with Gasteiger partial charge in [-0.25, -0.2) is 0 Å². The second kappa shape index (κ2) is 7.39. The Morgan fingerprint density at radius 2 is 1.89 bits per heavy atom. The lowest BCUT2D eigenvalue weighted by Crippen LogP contribution is -2.28. The molecule has 1 rings (SSSR count). The smallest absolute Gasteiger partial charge is 0.125 e. The molecule has 18 heavy (non-hydrogen) atoms. The van der Waals surface area contributed by atoms with Crippen LogP contribution in [0.4, 0.5) is 0 Å². The van der Waals surface area contributed by atoms with Gasteiger partial charge in [0.05, 0.1) is 12.7 Å². The van der Waals surface area contributed by atoms with Crippen molar-refractivity contribution in [2.75, 3.05) is 26.2 Å². The summed E-state index contributed by atoms with van der Waals surface area (Å²) < 4.78 is 5.58. The van der Waals surface area contributed by atoms with Gasteiger partial charge in [-0.15, -0.1) is 0 Å². The predicted octanol–water partition coefficient (Wildman–Crippen LogP) is 2.77. The van der Waals surface area contributed by atoms with Gasteiger partial charge in [0.1, 0.15) is 5.75 Å². The standard InChI is InChI=1S/C15H25NO2/c1-5-16(6-2)11-14(17)13-10-12(4)8-9-15(13)18-7-3/h8-10,14,17H,5-7,11H2,1-4H3. The van der Waals surface area contributed by atoms with E-state index in [2.05, 4.69) is 18.7 Å². The van der Waals surface area contributed by atoms with Crippen molar-refractivity contribution in [3.05, 3.63) is 29.3 Å². The first-order valence-electron chi connectivity index (χ1n) is 6.76. The summed E-state index contributed by atoms with van der Waals surface area (Å²) in [5, 5.41) is 10.4. The van der Waals surface area contributed by atoms with Crippen LogP contribution in [-0.4, -0.2) is 36.2 Å². The van der Waals surface area contributed by atoms with Crippen LogP contribution in [0.15, 0.2) is 18.2 Å². The molecule has 3 nitrogen and oxygen atoms in total. The molecule has 0 heterocycles. The Bertz CT molecular complexity index is 362. The van der Waals surface area contributed by atoms with Crippen LogP contribution >= 0.6 is 0 Å². The predicted molar refractivity (Wildman–Crippen MR) is 75.1 cm³/mol. The molecule has 0 bridgehead atoms. The zero-order valence-electron chi connectivity index (χ0n) is 11.9. The Balaban J connectivity index is 2.88. The molecule has 1 aromatic carbocycles. The molecule has 0 spiro atoms. The molecule has 0 saturated carbocycles. The summed E-state index contributed by atoms with van der Waals surface area (Å²) in [6.07, 6.45) is -0.494. The van der Waals surface area contributed by atoms with Gasteiger partial charge in [-0.3, -0.25) is 0 Å². The zero-order chi connectivity index (χ0) is 13.5. The van der Waals surface area contributed by atoms with Crippen molar-refractivity contribution in [1.82, 2.24) is 4.90 Å². The van der Waals surface area contributed by atoms with E-state index < -0.39 is 6.10 Å². The highest BCUT2D eigenvalue weighted by atomic mass is 16.5. The molecule has 1 atom stereocenters. The molecule has 3 heteroatoms. The molecule has 102 valence electrons. The molecular formula is C15H25NO2. The largest absolute Gasteiger partial charge is 0.493 e. The van der Waals surface area contributed by atoms with Gasteiger partial charge in [-0.05, 0) is 39.1 Å². The zero-order valence-corrected chi connectivity index (χ0v) is 11.9. The summed E-state index contributed by atoms with van der Waals surface area (Å²) >= 11 is 0. The van der Waals surface area contributed by atoms with E-state index in [1.165, 1.54) is 0 Å².